The fourth-order valence-corrected chi connectivity index (χ4v) is 3.52. The van der Waals surface area contributed by atoms with Crippen LogP contribution in [0, 0.1) is 23.3 Å². The second-order valence-electron chi connectivity index (χ2n) is 4.21. The van der Waals surface area contributed by atoms with Crippen LogP contribution < -0.4 is 5.73 Å². The van der Waals surface area contributed by atoms with Gasteiger partial charge in [-0.25, -0.2) is 26.0 Å². The molecule has 0 spiro atoms. The summed E-state index contributed by atoms with van der Waals surface area (Å²) in [5, 5.41) is 0. The van der Waals surface area contributed by atoms with Crippen molar-refractivity contribution in [3.05, 3.63) is 29.3 Å². The van der Waals surface area contributed by atoms with E-state index in [1.54, 1.807) is 0 Å². The predicted molar refractivity (Wildman–Crippen MR) is 64.9 cm³/mol. The highest BCUT2D eigenvalue weighted by Gasteiger charge is 2.37. The van der Waals surface area contributed by atoms with Crippen molar-refractivity contribution in [2.75, 3.05) is 13.1 Å². The number of rotatable bonds is 2. The Morgan fingerprint density at radius 3 is 2.05 bits per heavy atom. The molecular formula is C10H11ClF4N2O2S. The third-order valence-electron chi connectivity index (χ3n) is 2.86. The van der Waals surface area contributed by atoms with Gasteiger partial charge >= 0.3 is 0 Å². The molecule has 2 N–H and O–H groups in total. The van der Waals surface area contributed by atoms with Gasteiger partial charge in [0.25, 0.3) is 0 Å². The highest BCUT2D eigenvalue weighted by molar-refractivity contribution is 7.89. The maximum absolute atomic E-state index is 13.5. The molecule has 1 aromatic carbocycles. The third-order valence-corrected chi connectivity index (χ3v) is 4.74. The molecule has 1 heterocycles. The Morgan fingerprint density at radius 2 is 1.65 bits per heavy atom. The largest absolute Gasteiger partial charge is 0.326 e. The lowest BCUT2D eigenvalue weighted by atomic mass is 10.3. The summed E-state index contributed by atoms with van der Waals surface area (Å²) >= 11 is 0. The van der Waals surface area contributed by atoms with E-state index in [0.29, 0.717) is 10.7 Å². The van der Waals surface area contributed by atoms with Crippen LogP contribution in [-0.2, 0) is 10.0 Å². The highest BCUT2D eigenvalue weighted by atomic mass is 35.5. The van der Waals surface area contributed by atoms with Crippen molar-refractivity contribution < 1.29 is 26.0 Å². The van der Waals surface area contributed by atoms with E-state index in [2.05, 4.69) is 0 Å². The standard InChI is InChI=1S/C10H10F4N2O2S.ClH/c11-6-3-7(12)9(14)10(8(6)13)19(17,18)16-2-1-5(15)4-16;/h3,5H,1-2,4,15H2;1H. The van der Waals surface area contributed by atoms with Gasteiger partial charge in [-0.2, -0.15) is 4.31 Å². The summed E-state index contributed by atoms with van der Waals surface area (Å²) in [6, 6.07) is -0.515. The van der Waals surface area contributed by atoms with Gasteiger partial charge < -0.3 is 5.73 Å². The Labute approximate surface area is 119 Å². The molecule has 2 rings (SSSR count). The van der Waals surface area contributed by atoms with Crippen molar-refractivity contribution in [1.82, 2.24) is 4.31 Å². The normalized spacial score (nSPS) is 19.9. The first-order valence-corrected chi connectivity index (χ1v) is 6.78. The molecule has 1 aromatic rings. The van der Waals surface area contributed by atoms with Crippen molar-refractivity contribution in [2.24, 2.45) is 5.73 Å². The Hall–Kier alpha value is -0.900. The molecule has 0 radical (unpaired) electrons. The van der Waals surface area contributed by atoms with E-state index >= 15 is 0 Å². The fourth-order valence-electron chi connectivity index (χ4n) is 1.88. The van der Waals surface area contributed by atoms with Crippen molar-refractivity contribution >= 4 is 22.4 Å². The first-order valence-electron chi connectivity index (χ1n) is 5.34. The fraction of sp³-hybridized carbons (Fsp3) is 0.400. The zero-order valence-electron chi connectivity index (χ0n) is 9.95. The summed E-state index contributed by atoms with van der Waals surface area (Å²) in [5.74, 6) is -7.39. The Kier molecular flexibility index (Phi) is 5.01. The average molecular weight is 335 g/mol. The second kappa shape index (κ2) is 5.84. The number of nitrogens with two attached hydrogens (primary N) is 1. The summed E-state index contributed by atoms with van der Waals surface area (Å²) < 4.78 is 77.7. The third kappa shape index (κ3) is 2.76. The number of sulfonamides is 1. The van der Waals surface area contributed by atoms with E-state index in [4.69, 9.17) is 5.73 Å². The Balaban J connectivity index is 0.00000200. The number of hydrogen-bond acceptors (Lipinski definition) is 3. The molecule has 10 heteroatoms. The zero-order chi connectivity index (χ0) is 14.4. The van der Waals surface area contributed by atoms with Crippen LogP contribution in [0.1, 0.15) is 6.42 Å². The molecule has 0 bridgehead atoms. The molecule has 0 aliphatic carbocycles. The minimum Gasteiger partial charge on any atom is -0.326 e. The van der Waals surface area contributed by atoms with E-state index in [1.165, 1.54) is 0 Å². The van der Waals surface area contributed by atoms with Crippen LogP contribution in [0.25, 0.3) is 0 Å². The summed E-state index contributed by atoms with van der Waals surface area (Å²) in [6.45, 7) is -0.208. The van der Waals surface area contributed by atoms with Gasteiger partial charge in [0.05, 0.1) is 0 Å². The number of hydrogen-bond donors (Lipinski definition) is 1. The molecule has 114 valence electrons. The summed E-state index contributed by atoms with van der Waals surface area (Å²) in [5.41, 5.74) is 5.49. The van der Waals surface area contributed by atoms with E-state index in [1.807, 2.05) is 0 Å². The number of halogens is 5. The van der Waals surface area contributed by atoms with Crippen LogP contribution in [-0.4, -0.2) is 31.9 Å². The van der Waals surface area contributed by atoms with Gasteiger partial charge in [-0.15, -0.1) is 12.4 Å². The minimum atomic E-state index is -4.65. The lowest BCUT2D eigenvalue weighted by Crippen LogP contribution is -2.33. The van der Waals surface area contributed by atoms with Gasteiger partial charge in [0, 0.05) is 25.2 Å². The van der Waals surface area contributed by atoms with Gasteiger partial charge in [-0.05, 0) is 6.42 Å². The molecule has 1 aliphatic rings. The van der Waals surface area contributed by atoms with Crippen molar-refractivity contribution in [3.63, 3.8) is 0 Å². The Morgan fingerprint density at radius 1 is 1.15 bits per heavy atom. The van der Waals surface area contributed by atoms with Gasteiger partial charge in [0.15, 0.2) is 28.2 Å². The van der Waals surface area contributed by atoms with Crippen LogP contribution in [0.4, 0.5) is 17.6 Å². The molecule has 1 fully saturated rings. The SMILES string of the molecule is Cl.NC1CCN(S(=O)(=O)c2c(F)c(F)cc(F)c2F)C1. The maximum Gasteiger partial charge on any atom is 0.249 e. The molecule has 0 amide bonds. The maximum atomic E-state index is 13.5. The molecule has 1 atom stereocenters. The monoisotopic (exact) mass is 334 g/mol. The molecular weight excluding hydrogens is 324 g/mol. The first-order chi connectivity index (χ1) is 8.75. The lowest BCUT2D eigenvalue weighted by Gasteiger charge is -2.17. The summed E-state index contributed by atoms with van der Waals surface area (Å²) in [6.07, 6.45) is 0.306. The van der Waals surface area contributed by atoms with Crippen LogP contribution in [0.15, 0.2) is 11.0 Å². The average Bonchev–Trinajstić information content (AvgIpc) is 2.74. The predicted octanol–water partition coefficient (Wildman–Crippen LogP) is 1.39. The molecule has 20 heavy (non-hydrogen) atoms. The van der Waals surface area contributed by atoms with E-state index < -0.39 is 44.2 Å². The minimum absolute atomic E-state index is 0. The van der Waals surface area contributed by atoms with E-state index in [-0.39, 0.29) is 31.6 Å². The molecule has 1 aliphatic heterocycles. The van der Waals surface area contributed by atoms with Gasteiger partial charge in [0.1, 0.15) is 0 Å². The second-order valence-corrected chi connectivity index (χ2v) is 6.08. The number of benzene rings is 1. The highest BCUT2D eigenvalue weighted by Crippen LogP contribution is 2.28. The molecule has 1 unspecified atom stereocenters. The van der Waals surface area contributed by atoms with E-state index in [0.717, 1.165) is 0 Å². The first kappa shape index (κ1) is 17.2. The summed E-state index contributed by atoms with van der Waals surface area (Å²) in [7, 11) is -4.65. The summed E-state index contributed by atoms with van der Waals surface area (Å²) in [4.78, 5) is -1.61. The quantitative estimate of drug-likeness (QED) is 0.656. The van der Waals surface area contributed by atoms with Gasteiger partial charge in [-0.3, -0.25) is 0 Å². The topological polar surface area (TPSA) is 63.4 Å². The smallest absolute Gasteiger partial charge is 0.249 e. The number of nitrogens with zero attached hydrogens (tertiary/aromatic N) is 1. The van der Waals surface area contributed by atoms with Crippen LogP contribution in [0.2, 0.25) is 0 Å². The zero-order valence-corrected chi connectivity index (χ0v) is 11.6. The van der Waals surface area contributed by atoms with Crippen LogP contribution >= 0.6 is 12.4 Å². The van der Waals surface area contributed by atoms with Crippen LogP contribution in [0.3, 0.4) is 0 Å². The van der Waals surface area contributed by atoms with Crippen LogP contribution in [0.5, 0.6) is 0 Å². The molecule has 0 aromatic heterocycles. The van der Waals surface area contributed by atoms with Gasteiger partial charge in [0.2, 0.25) is 10.0 Å². The van der Waals surface area contributed by atoms with Gasteiger partial charge in [-0.1, -0.05) is 0 Å². The molecule has 1 saturated heterocycles. The Bertz CT molecular complexity index is 600. The van der Waals surface area contributed by atoms with Crippen molar-refractivity contribution in [3.8, 4) is 0 Å². The lowest BCUT2D eigenvalue weighted by molar-refractivity contribution is 0.405. The molecule has 4 nitrogen and oxygen atoms in total. The molecule has 0 saturated carbocycles. The van der Waals surface area contributed by atoms with E-state index in [9.17, 15) is 26.0 Å². The van der Waals surface area contributed by atoms with Crippen molar-refractivity contribution in [2.45, 2.75) is 17.4 Å². The van der Waals surface area contributed by atoms with Crippen molar-refractivity contribution in [1.29, 1.82) is 0 Å².